The number of hydrogen-bond donors (Lipinski definition) is 2. The van der Waals surface area contributed by atoms with Gasteiger partial charge < -0.3 is 10.2 Å². The van der Waals surface area contributed by atoms with Crippen molar-refractivity contribution in [2.75, 3.05) is 6.61 Å². The summed E-state index contributed by atoms with van der Waals surface area (Å²) in [6, 6.07) is 0. The predicted octanol–water partition coefficient (Wildman–Crippen LogP) is 3.58. The molecule has 0 radical (unpaired) electrons. The van der Waals surface area contributed by atoms with Gasteiger partial charge in [-0.05, 0) is 55.8 Å². The maximum atomic E-state index is 12.3. The second kappa shape index (κ2) is 5.69. The molecule has 4 nitrogen and oxygen atoms in total. The van der Waals surface area contributed by atoms with Crippen molar-refractivity contribution in [2.24, 2.45) is 28.1 Å². The van der Waals surface area contributed by atoms with Gasteiger partial charge in [-0.3, -0.25) is 9.59 Å². The van der Waals surface area contributed by atoms with Crippen molar-refractivity contribution in [2.45, 2.75) is 65.7 Å². The number of aliphatic hydroxyl groups excluding tert-OH is 2. The van der Waals surface area contributed by atoms with Crippen LogP contribution in [-0.4, -0.2) is 28.4 Å². The lowest BCUT2D eigenvalue weighted by Crippen LogP contribution is -2.56. The van der Waals surface area contributed by atoms with E-state index < -0.39 is 5.41 Å². The van der Waals surface area contributed by atoms with Crippen molar-refractivity contribution in [3.05, 3.63) is 11.8 Å². The molecule has 0 spiro atoms. The van der Waals surface area contributed by atoms with Crippen molar-refractivity contribution in [1.82, 2.24) is 0 Å². The third-order valence-corrected chi connectivity index (χ3v) is 7.94. The molecule has 5 atom stereocenters. The zero-order valence-electron chi connectivity index (χ0n) is 15.1. The van der Waals surface area contributed by atoms with Gasteiger partial charge in [-0.1, -0.05) is 20.8 Å². The summed E-state index contributed by atoms with van der Waals surface area (Å²) in [5.74, 6) is 0.869. The molecule has 0 bridgehead atoms. The van der Waals surface area contributed by atoms with Crippen LogP contribution in [0.4, 0.5) is 0 Å². The minimum absolute atomic E-state index is 0.0346. The Balaban J connectivity index is 1.93. The molecule has 0 aromatic rings. The molecule has 3 aliphatic rings. The highest BCUT2D eigenvalue weighted by Crippen LogP contribution is 2.66. The Morgan fingerprint density at radius 1 is 1.21 bits per heavy atom. The lowest BCUT2D eigenvalue weighted by molar-refractivity contribution is -0.147. The largest absolute Gasteiger partial charge is 0.515 e. The zero-order chi connectivity index (χ0) is 17.8. The summed E-state index contributed by atoms with van der Waals surface area (Å²) in [6.07, 6.45) is 6.90. The summed E-state index contributed by atoms with van der Waals surface area (Å²) in [7, 11) is 0. The van der Waals surface area contributed by atoms with Crippen LogP contribution >= 0.6 is 0 Å². The highest BCUT2D eigenvalue weighted by Gasteiger charge is 2.60. The average Bonchev–Trinajstić information content (AvgIpc) is 2.55. The van der Waals surface area contributed by atoms with Gasteiger partial charge in [0.2, 0.25) is 0 Å². The third-order valence-electron chi connectivity index (χ3n) is 7.94. The first-order chi connectivity index (χ1) is 11.2. The Bertz CT molecular complexity index is 594. The molecule has 3 saturated carbocycles. The van der Waals surface area contributed by atoms with Gasteiger partial charge in [-0.25, -0.2) is 0 Å². The van der Waals surface area contributed by atoms with Gasteiger partial charge in [-0.15, -0.1) is 0 Å². The number of rotatable bonds is 2. The van der Waals surface area contributed by atoms with Gasteiger partial charge in [0.15, 0.2) is 11.6 Å². The number of Topliss-reactive ketones (excluding diaryl/α,β-unsaturated/α-hetero) is 2. The molecule has 4 heteroatoms. The van der Waals surface area contributed by atoms with Crippen LogP contribution in [0.15, 0.2) is 11.8 Å². The summed E-state index contributed by atoms with van der Waals surface area (Å²) in [6.45, 7) is 6.10. The Hall–Kier alpha value is -1.16. The first-order valence-corrected chi connectivity index (χ1v) is 9.23. The Labute approximate surface area is 144 Å². The van der Waals surface area contributed by atoms with Gasteiger partial charge in [-0.2, -0.15) is 0 Å². The Morgan fingerprint density at radius 2 is 1.92 bits per heavy atom. The molecule has 3 fully saturated rings. The van der Waals surface area contributed by atoms with Crippen LogP contribution in [0.5, 0.6) is 0 Å². The number of carbonyl (C=O) groups excluding carboxylic acids is 2. The van der Waals surface area contributed by atoms with Crippen molar-refractivity contribution in [1.29, 1.82) is 0 Å². The van der Waals surface area contributed by atoms with E-state index >= 15 is 0 Å². The van der Waals surface area contributed by atoms with Crippen molar-refractivity contribution >= 4 is 11.6 Å². The second-order valence-corrected chi connectivity index (χ2v) is 9.06. The van der Waals surface area contributed by atoms with Crippen LogP contribution in [0.1, 0.15) is 65.7 Å². The quantitative estimate of drug-likeness (QED) is 0.598. The molecular formula is C20H30O4. The van der Waals surface area contributed by atoms with E-state index in [0.717, 1.165) is 44.8 Å². The Kier molecular flexibility index (Phi) is 4.18. The second-order valence-electron chi connectivity index (χ2n) is 9.06. The zero-order valence-corrected chi connectivity index (χ0v) is 15.1. The number of hydrogen-bond acceptors (Lipinski definition) is 4. The van der Waals surface area contributed by atoms with E-state index in [0.29, 0.717) is 23.8 Å². The van der Waals surface area contributed by atoms with Gasteiger partial charge in [0.05, 0.1) is 6.26 Å². The fraction of sp³-hybridized carbons (Fsp3) is 0.800. The topological polar surface area (TPSA) is 74.6 Å². The molecular weight excluding hydrogens is 304 g/mol. The molecule has 134 valence electrons. The van der Waals surface area contributed by atoms with Crippen LogP contribution in [0, 0.1) is 28.1 Å². The van der Waals surface area contributed by atoms with Crippen LogP contribution in [0.25, 0.3) is 0 Å². The van der Waals surface area contributed by atoms with Crippen LogP contribution in [0.3, 0.4) is 0 Å². The van der Waals surface area contributed by atoms with Gasteiger partial charge in [0.1, 0.15) is 6.61 Å². The van der Waals surface area contributed by atoms with E-state index in [2.05, 4.69) is 13.8 Å². The highest BCUT2D eigenvalue weighted by atomic mass is 16.3. The number of carbonyl (C=O) groups is 2. The molecule has 3 aliphatic carbocycles. The molecule has 0 amide bonds. The van der Waals surface area contributed by atoms with Gasteiger partial charge >= 0.3 is 0 Å². The first-order valence-electron chi connectivity index (χ1n) is 9.23. The molecule has 5 unspecified atom stereocenters. The van der Waals surface area contributed by atoms with Crippen molar-refractivity contribution < 1.29 is 19.8 Å². The van der Waals surface area contributed by atoms with Crippen LogP contribution < -0.4 is 0 Å². The van der Waals surface area contributed by atoms with E-state index in [1.165, 1.54) is 0 Å². The molecule has 2 N–H and O–H groups in total. The number of ketones is 2. The molecule has 0 aromatic carbocycles. The summed E-state index contributed by atoms with van der Waals surface area (Å²) < 4.78 is 0. The molecule has 0 aromatic heterocycles. The van der Waals surface area contributed by atoms with E-state index in [1.54, 1.807) is 0 Å². The van der Waals surface area contributed by atoms with Crippen molar-refractivity contribution in [3.63, 3.8) is 0 Å². The Morgan fingerprint density at radius 3 is 2.54 bits per heavy atom. The number of aliphatic hydroxyl groups is 2. The smallest absolute Gasteiger partial charge is 0.164 e. The normalized spacial score (nSPS) is 47.2. The molecule has 3 rings (SSSR count). The monoisotopic (exact) mass is 334 g/mol. The summed E-state index contributed by atoms with van der Waals surface area (Å²) >= 11 is 0. The molecule has 24 heavy (non-hydrogen) atoms. The fourth-order valence-corrected chi connectivity index (χ4v) is 6.26. The van der Waals surface area contributed by atoms with E-state index in [9.17, 15) is 19.8 Å². The maximum absolute atomic E-state index is 12.3. The highest BCUT2D eigenvalue weighted by molar-refractivity contribution is 5.97. The average molecular weight is 334 g/mol. The number of fused-ring (bicyclic) bond motifs is 3. The SMILES string of the molecule is CC1(C(=O)CO)CCC2(C)C(CCC3(C)C(=CO)C(=O)CCC32)C1. The predicted molar refractivity (Wildman–Crippen MR) is 91.4 cm³/mol. The molecule has 0 heterocycles. The van der Waals surface area contributed by atoms with E-state index in [4.69, 9.17) is 0 Å². The lowest BCUT2D eigenvalue weighted by Gasteiger charge is -2.62. The lowest BCUT2D eigenvalue weighted by atomic mass is 9.42. The minimum atomic E-state index is -0.410. The van der Waals surface area contributed by atoms with Gasteiger partial charge in [0.25, 0.3) is 0 Å². The molecule has 0 saturated heterocycles. The van der Waals surface area contributed by atoms with Crippen LogP contribution in [0.2, 0.25) is 0 Å². The summed E-state index contributed by atoms with van der Waals surface area (Å²) in [4.78, 5) is 24.5. The van der Waals surface area contributed by atoms with Crippen LogP contribution in [-0.2, 0) is 9.59 Å². The minimum Gasteiger partial charge on any atom is -0.515 e. The number of allylic oxidation sites excluding steroid dienone is 1. The van der Waals surface area contributed by atoms with E-state index in [-0.39, 0.29) is 29.0 Å². The molecule has 0 aliphatic heterocycles. The summed E-state index contributed by atoms with van der Waals surface area (Å²) in [5.41, 5.74) is 0.0480. The van der Waals surface area contributed by atoms with E-state index in [1.807, 2.05) is 6.92 Å². The fourth-order valence-electron chi connectivity index (χ4n) is 6.26. The maximum Gasteiger partial charge on any atom is 0.164 e. The van der Waals surface area contributed by atoms with Gasteiger partial charge in [0, 0.05) is 22.8 Å². The third kappa shape index (κ3) is 2.29. The first kappa shape index (κ1) is 17.7. The standard InChI is InChI=1S/C20H30O4/c1-18(17(24)12-22)8-9-19(2)13(10-18)6-7-20(3)14(11-21)15(23)4-5-16(19)20/h11,13,16,21-22H,4-10,12H2,1-3H3. The summed E-state index contributed by atoms with van der Waals surface area (Å²) in [5, 5.41) is 19.0. The van der Waals surface area contributed by atoms with Crippen molar-refractivity contribution in [3.8, 4) is 0 Å².